The molecule has 2 rings (SSSR count). The highest BCUT2D eigenvalue weighted by Gasteiger charge is 2.30. The molecule has 0 saturated carbocycles. The van der Waals surface area contributed by atoms with E-state index in [-0.39, 0.29) is 23.5 Å². The van der Waals surface area contributed by atoms with Crippen LogP contribution in [0.15, 0.2) is 64.1 Å². The van der Waals surface area contributed by atoms with Crippen molar-refractivity contribution in [3.05, 3.63) is 81.7 Å². The van der Waals surface area contributed by atoms with Gasteiger partial charge in [0.05, 0.1) is 10.6 Å². The molecule has 0 spiro atoms. The smallest absolute Gasteiger partial charge is 0.295 e. The highest BCUT2D eigenvalue weighted by atomic mass is 32.2. The van der Waals surface area contributed by atoms with Crippen LogP contribution in [0.3, 0.4) is 0 Å². The van der Waals surface area contributed by atoms with Crippen LogP contribution in [0.2, 0.25) is 0 Å². The number of aromatic nitrogens is 2. The maximum atomic E-state index is 13.5. The fraction of sp³-hybridized carbons (Fsp3) is 0.333. The molecule has 0 bridgehead atoms. The molecule has 7 nitrogen and oxygen atoms in total. The molecule has 1 aromatic heterocycles. The molecule has 0 aliphatic heterocycles. The van der Waals surface area contributed by atoms with E-state index in [4.69, 9.17) is 0 Å². The van der Waals surface area contributed by atoms with Gasteiger partial charge in [0.1, 0.15) is 5.69 Å². The van der Waals surface area contributed by atoms with Crippen LogP contribution in [-0.4, -0.2) is 24.1 Å². The third kappa shape index (κ3) is 4.27. The summed E-state index contributed by atoms with van der Waals surface area (Å²) in [5, 5.41) is 0. The first-order chi connectivity index (χ1) is 13.7. The first kappa shape index (κ1) is 22.4. The largest absolute Gasteiger partial charge is 0.331 e. The maximum absolute atomic E-state index is 13.5. The minimum atomic E-state index is -4.04. The van der Waals surface area contributed by atoms with E-state index < -0.39 is 21.3 Å². The van der Waals surface area contributed by atoms with Gasteiger partial charge in [0.2, 0.25) is 0 Å². The Morgan fingerprint density at radius 1 is 1.10 bits per heavy atom. The summed E-state index contributed by atoms with van der Waals surface area (Å²) in [6.07, 6.45) is 3.66. The minimum absolute atomic E-state index is 0.0288. The van der Waals surface area contributed by atoms with Gasteiger partial charge in [0, 0.05) is 26.6 Å². The van der Waals surface area contributed by atoms with Crippen molar-refractivity contribution in [2.75, 3.05) is 10.8 Å². The van der Waals surface area contributed by atoms with Crippen LogP contribution in [0.1, 0.15) is 24.6 Å². The molecular formula is C21H27N3O4S. The van der Waals surface area contributed by atoms with Crippen molar-refractivity contribution in [3.63, 3.8) is 0 Å². The molecule has 29 heavy (non-hydrogen) atoms. The first-order valence-corrected chi connectivity index (χ1v) is 10.8. The SMILES string of the molecule is C=CCCN(c1c(CC=C)n(CC)c(=O)n(C)c1=O)S(=O)(=O)c1ccc(C)cc1. The summed E-state index contributed by atoms with van der Waals surface area (Å²) in [7, 11) is -2.69. The molecule has 8 heteroatoms. The Hall–Kier alpha value is -2.87. The van der Waals surface area contributed by atoms with Crippen molar-refractivity contribution < 1.29 is 8.42 Å². The number of anilines is 1. The van der Waals surface area contributed by atoms with Gasteiger partial charge in [-0.25, -0.2) is 13.2 Å². The van der Waals surface area contributed by atoms with Gasteiger partial charge >= 0.3 is 5.69 Å². The number of sulfonamides is 1. The van der Waals surface area contributed by atoms with Crippen LogP contribution in [0, 0.1) is 6.92 Å². The molecule has 0 N–H and O–H groups in total. The Labute approximate surface area is 171 Å². The standard InChI is InChI=1S/C21H27N3O4S/c1-6-9-15-24(29(27,28)17-13-11-16(4)12-14-17)19-18(10-7-2)23(8-3)21(26)22(5)20(19)25/h6-7,11-14H,1-2,8-10,15H2,3-5H3. The summed E-state index contributed by atoms with van der Waals surface area (Å²) in [4.78, 5) is 25.7. The highest BCUT2D eigenvalue weighted by molar-refractivity contribution is 7.92. The van der Waals surface area contributed by atoms with Crippen molar-refractivity contribution in [2.24, 2.45) is 7.05 Å². The Morgan fingerprint density at radius 3 is 2.24 bits per heavy atom. The van der Waals surface area contributed by atoms with E-state index in [2.05, 4.69) is 13.2 Å². The third-order valence-electron chi connectivity index (χ3n) is 4.67. The predicted octanol–water partition coefficient (Wildman–Crippen LogP) is 2.38. The fourth-order valence-corrected chi connectivity index (χ4v) is 4.62. The number of aryl methyl sites for hydroxylation is 1. The lowest BCUT2D eigenvalue weighted by Gasteiger charge is -2.27. The van der Waals surface area contributed by atoms with Crippen LogP contribution in [-0.2, 0) is 30.0 Å². The second-order valence-corrected chi connectivity index (χ2v) is 8.51. The quantitative estimate of drug-likeness (QED) is 0.587. The van der Waals surface area contributed by atoms with Gasteiger partial charge in [-0.3, -0.25) is 18.2 Å². The van der Waals surface area contributed by atoms with E-state index in [1.807, 2.05) is 6.92 Å². The zero-order valence-electron chi connectivity index (χ0n) is 17.1. The molecule has 0 radical (unpaired) electrons. The molecule has 2 aromatic rings. The van der Waals surface area contributed by atoms with E-state index in [1.165, 1.54) is 23.7 Å². The summed E-state index contributed by atoms with van der Waals surface area (Å²) in [6, 6.07) is 6.43. The van der Waals surface area contributed by atoms with Gasteiger partial charge in [-0.2, -0.15) is 0 Å². The number of nitrogens with zero attached hydrogens (tertiary/aromatic N) is 3. The van der Waals surface area contributed by atoms with Gasteiger partial charge in [-0.15, -0.1) is 13.2 Å². The molecule has 0 aliphatic rings. The maximum Gasteiger partial charge on any atom is 0.331 e. The van der Waals surface area contributed by atoms with Crippen molar-refractivity contribution in [1.82, 2.24) is 9.13 Å². The Kier molecular flexibility index (Phi) is 7.02. The molecule has 1 aromatic carbocycles. The van der Waals surface area contributed by atoms with E-state index in [1.54, 1.807) is 31.2 Å². The molecule has 0 atom stereocenters. The van der Waals surface area contributed by atoms with Crippen molar-refractivity contribution in [1.29, 1.82) is 0 Å². The van der Waals surface area contributed by atoms with Gasteiger partial charge in [-0.1, -0.05) is 29.8 Å². The van der Waals surface area contributed by atoms with Crippen molar-refractivity contribution >= 4 is 15.7 Å². The Bertz CT molecular complexity index is 1130. The van der Waals surface area contributed by atoms with Crippen molar-refractivity contribution in [2.45, 2.75) is 38.1 Å². The Balaban J connectivity index is 2.89. The van der Waals surface area contributed by atoms with Crippen LogP contribution in [0.4, 0.5) is 5.69 Å². The van der Waals surface area contributed by atoms with E-state index >= 15 is 0 Å². The third-order valence-corrected chi connectivity index (χ3v) is 6.49. The lowest BCUT2D eigenvalue weighted by Crippen LogP contribution is -2.46. The van der Waals surface area contributed by atoms with Gasteiger partial charge in [0.25, 0.3) is 15.6 Å². The van der Waals surface area contributed by atoms with E-state index in [9.17, 15) is 18.0 Å². The predicted molar refractivity (Wildman–Crippen MR) is 116 cm³/mol. The lowest BCUT2D eigenvalue weighted by molar-refractivity contribution is 0.582. The number of hydrogen-bond acceptors (Lipinski definition) is 4. The summed E-state index contributed by atoms with van der Waals surface area (Å²) >= 11 is 0. The van der Waals surface area contributed by atoms with Gasteiger partial charge < -0.3 is 0 Å². The average Bonchev–Trinajstić information content (AvgIpc) is 2.69. The number of allylic oxidation sites excluding steroid dienone is 1. The van der Waals surface area contributed by atoms with Crippen LogP contribution in [0.5, 0.6) is 0 Å². The normalized spacial score (nSPS) is 11.3. The van der Waals surface area contributed by atoms with Gasteiger partial charge in [0.15, 0.2) is 0 Å². The van der Waals surface area contributed by atoms with Crippen molar-refractivity contribution in [3.8, 4) is 0 Å². The van der Waals surface area contributed by atoms with E-state index in [0.717, 1.165) is 14.4 Å². The summed E-state index contributed by atoms with van der Waals surface area (Å²) < 4.78 is 30.4. The molecular weight excluding hydrogens is 390 g/mol. The highest BCUT2D eigenvalue weighted by Crippen LogP contribution is 2.25. The molecule has 0 saturated heterocycles. The average molecular weight is 418 g/mol. The zero-order chi connectivity index (χ0) is 21.8. The molecule has 0 aliphatic carbocycles. The second-order valence-electron chi connectivity index (χ2n) is 6.65. The number of rotatable bonds is 9. The van der Waals surface area contributed by atoms with Crippen LogP contribution >= 0.6 is 0 Å². The first-order valence-electron chi connectivity index (χ1n) is 9.34. The minimum Gasteiger partial charge on any atom is -0.295 e. The van der Waals surface area contributed by atoms with Gasteiger partial charge in [-0.05, 0) is 32.4 Å². The summed E-state index contributed by atoms with van der Waals surface area (Å²) in [5.41, 5.74) is 0.0711. The molecule has 0 amide bonds. The Morgan fingerprint density at radius 2 is 1.72 bits per heavy atom. The summed E-state index contributed by atoms with van der Waals surface area (Å²) in [6.45, 7) is 11.3. The topological polar surface area (TPSA) is 81.4 Å². The molecule has 1 heterocycles. The fourth-order valence-electron chi connectivity index (χ4n) is 3.11. The number of benzene rings is 1. The summed E-state index contributed by atoms with van der Waals surface area (Å²) in [5.74, 6) is 0. The van der Waals surface area contributed by atoms with Crippen LogP contribution in [0.25, 0.3) is 0 Å². The molecule has 156 valence electrons. The monoisotopic (exact) mass is 417 g/mol. The van der Waals surface area contributed by atoms with Crippen LogP contribution < -0.4 is 15.6 Å². The molecule has 0 unspecified atom stereocenters. The van der Waals surface area contributed by atoms with E-state index in [0.29, 0.717) is 18.7 Å². The molecule has 0 fully saturated rings. The lowest BCUT2D eigenvalue weighted by atomic mass is 10.2. The second kappa shape index (κ2) is 9.09. The number of hydrogen-bond donors (Lipinski definition) is 0. The zero-order valence-corrected chi connectivity index (χ0v) is 17.9.